The first-order chi connectivity index (χ1) is 50.0. The highest BCUT2D eigenvalue weighted by molar-refractivity contribution is 6.00. The van der Waals surface area contributed by atoms with Crippen LogP contribution in [0.2, 0.25) is 0 Å². The van der Waals surface area contributed by atoms with Crippen molar-refractivity contribution < 1.29 is 72.5 Å². The molecule has 0 unspecified atom stereocenters. The van der Waals surface area contributed by atoms with Crippen LogP contribution in [0.5, 0.6) is 0 Å². The van der Waals surface area contributed by atoms with E-state index in [4.69, 9.17) is 4.74 Å². The molecule has 12 atom stereocenters. The second-order valence-corrected chi connectivity index (χ2v) is 33.1. The van der Waals surface area contributed by atoms with Gasteiger partial charge in [0.25, 0.3) is 0 Å². The second-order valence-electron chi connectivity index (χ2n) is 33.1. The lowest BCUT2D eigenvalue weighted by Crippen LogP contribution is -2.63. The number of piperidine rings is 1. The Morgan fingerprint density at radius 3 is 1.34 bits per heavy atom. The molecule has 0 bridgehead atoms. The molecule has 0 aromatic heterocycles. The zero-order chi connectivity index (χ0) is 79.4. The minimum absolute atomic E-state index is 0.0171. The average Bonchev–Trinajstić information content (AvgIpc) is 0.816. The van der Waals surface area contributed by atoms with Gasteiger partial charge in [-0.15, -0.1) is 0 Å². The Morgan fingerprint density at radius 2 is 0.849 bits per heavy atom. The van der Waals surface area contributed by atoms with E-state index in [-0.39, 0.29) is 100 Å². The summed E-state index contributed by atoms with van der Waals surface area (Å²) in [6.45, 7) is 19.7. The fourth-order valence-electron chi connectivity index (χ4n) is 15.5. The molecule has 606 valence electrons. The summed E-state index contributed by atoms with van der Waals surface area (Å²) in [5.41, 5.74) is 0. The highest BCUT2D eigenvalue weighted by Crippen LogP contribution is 2.32. The maximum atomic E-state index is 15.8. The SMILES string of the molecule is CC[C@H](C)[C@@H]1NC(=O)[C@H](CC(C)C)N(C)C(=O)CCCN(C)C(=O)C[C@@H](C(=O)N2CCCCC2)NC(=O)[C@H](CC(C)C)N(C)C(=O)[C@H](CC(C)C)N(C)C(=O)[C@H]([C@@H](C)O)NC(=O)[C@H](CC(C)C)N(C)C(=O)[C@H](COCCO)NC(=O)[C@H](CCC2CCCCC2)N(C)C(=O)[C@H](CCC2CCCCC2)N(C)C1=O. The molecule has 2 saturated carbocycles. The average molecular weight is 1500 g/mol. The number of carbonyl (C=O) groups excluding carboxylic acids is 12. The fourth-order valence-corrected chi connectivity index (χ4v) is 15.5. The highest BCUT2D eigenvalue weighted by Gasteiger charge is 2.45. The third kappa shape index (κ3) is 27.9. The van der Waals surface area contributed by atoms with Crippen LogP contribution >= 0.6 is 0 Å². The van der Waals surface area contributed by atoms with Crippen molar-refractivity contribution in [3.05, 3.63) is 0 Å². The molecule has 12 amide bonds. The largest absolute Gasteiger partial charge is 0.394 e. The standard InChI is InChI=1S/C79H140N12O15/c1-19-54(10)68-78(104)87(15)61(38-36-57-32-25-21-26-33-57)76(102)86(14)60(37-35-56-30-23-20-24-31-56)70(96)81-59(49-106-43-42-92)74(100)88(16)64(46-52(6)7)73(99)83-69(55(11)93)79(105)90(18)65(47-53(8)9)77(103)89(17)63(45-51(4)5)71(97)80-58(75(101)91-40-27-22-28-41-91)48-67(95)84(12)39-29-34-66(94)85(13)62(44-50(2)3)72(98)82-68/h50-65,68-69,92-93H,19-49H2,1-18H3,(H,80,97)(H,81,96)(H,82,98)(H,83,99)/t54-,55+,58-,59-,60-,61-,62-,63-,64-,65-,68-,69-/m0/s1. The molecular weight excluding hydrogens is 1360 g/mol. The molecule has 27 nitrogen and oxygen atoms in total. The van der Waals surface area contributed by atoms with Crippen LogP contribution in [0.1, 0.15) is 237 Å². The number of likely N-dealkylation sites (N-methyl/N-ethyl adjacent to an activating group) is 6. The monoisotopic (exact) mass is 1500 g/mol. The lowest BCUT2D eigenvalue weighted by Gasteiger charge is -2.39. The first kappa shape index (κ1) is 91.9. The van der Waals surface area contributed by atoms with Crippen molar-refractivity contribution in [1.82, 2.24) is 60.5 Å². The van der Waals surface area contributed by atoms with Gasteiger partial charge in [-0.25, -0.2) is 0 Å². The van der Waals surface area contributed by atoms with E-state index in [1.807, 2.05) is 69.2 Å². The summed E-state index contributed by atoms with van der Waals surface area (Å²) in [6.07, 6.45) is 12.8. The third-order valence-electron chi connectivity index (χ3n) is 22.6. The van der Waals surface area contributed by atoms with Crippen LogP contribution in [-0.2, 0) is 62.3 Å². The molecule has 27 heteroatoms. The van der Waals surface area contributed by atoms with Gasteiger partial charge in [0.05, 0.1) is 32.3 Å². The van der Waals surface area contributed by atoms with Crippen LogP contribution in [0.15, 0.2) is 0 Å². The van der Waals surface area contributed by atoms with E-state index in [2.05, 4.69) is 21.3 Å². The van der Waals surface area contributed by atoms with Crippen molar-refractivity contribution >= 4 is 70.9 Å². The molecular formula is C79H140N12O15. The van der Waals surface area contributed by atoms with Crippen molar-refractivity contribution in [3.8, 4) is 0 Å². The van der Waals surface area contributed by atoms with Crippen LogP contribution < -0.4 is 21.3 Å². The minimum Gasteiger partial charge on any atom is -0.394 e. The number of likely N-dealkylation sites (tertiary alicyclic amines) is 1. The summed E-state index contributed by atoms with van der Waals surface area (Å²) < 4.78 is 5.82. The summed E-state index contributed by atoms with van der Waals surface area (Å²) in [5.74, 6) is -8.34. The van der Waals surface area contributed by atoms with Crippen molar-refractivity contribution in [3.63, 3.8) is 0 Å². The quantitative estimate of drug-likeness (QED) is 0.0689. The van der Waals surface area contributed by atoms with E-state index >= 15 is 38.4 Å². The van der Waals surface area contributed by atoms with Crippen molar-refractivity contribution in [2.45, 2.75) is 303 Å². The number of nitrogens with zero attached hydrogens (tertiary/aromatic N) is 8. The maximum Gasteiger partial charge on any atom is 0.248 e. The molecule has 2 saturated heterocycles. The number of hydrogen-bond acceptors (Lipinski definition) is 15. The molecule has 2 heterocycles. The van der Waals surface area contributed by atoms with Gasteiger partial charge in [-0.1, -0.05) is 140 Å². The van der Waals surface area contributed by atoms with Gasteiger partial charge in [-0.2, -0.15) is 0 Å². The van der Waals surface area contributed by atoms with Crippen molar-refractivity contribution in [1.29, 1.82) is 0 Å². The van der Waals surface area contributed by atoms with Crippen LogP contribution in [0, 0.1) is 41.4 Å². The zero-order valence-corrected chi connectivity index (χ0v) is 68.1. The number of carbonyl (C=O) groups is 12. The van der Waals surface area contributed by atoms with E-state index in [1.165, 1.54) is 66.7 Å². The third-order valence-corrected chi connectivity index (χ3v) is 22.6. The van der Waals surface area contributed by atoms with Gasteiger partial charge in [0.1, 0.15) is 60.4 Å². The van der Waals surface area contributed by atoms with Gasteiger partial charge < -0.3 is 75.4 Å². The molecule has 4 aliphatic rings. The molecule has 0 radical (unpaired) electrons. The summed E-state index contributed by atoms with van der Waals surface area (Å²) in [5, 5.41) is 33.0. The Morgan fingerprint density at radius 1 is 0.443 bits per heavy atom. The number of hydrogen-bond donors (Lipinski definition) is 6. The first-order valence-corrected chi connectivity index (χ1v) is 40.2. The predicted molar refractivity (Wildman–Crippen MR) is 407 cm³/mol. The molecule has 4 fully saturated rings. The zero-order valence-electron chi connectivity index (χ0n) is 68.1. The Labute approximate surface area is 634 Å². The lowest BCUT2D eigenvalue weighted by atomic mass is 9.84. The molecule has 6 N–H and O–H groups in total. The number of nitrogens with one attached hydrogen (secondary N) is 4. The van der Waals surface area contributed by atoms with E-state index in [0.717, 1.165) is 80.4 Å². The lowest BCUT2D eigenvalue weighted by molar-refractivity contribution is -0.152. The van der Waals surface area contributed by atoms with Gasteiger partial charge in [-0.3, -0.25) is 57.5 Å². The van der Waals surface area contributed by atoms with Gasteiger partial charge in [0, 0.05) is 75.4 Å². The number of aliphatic hydroxyl groups is 2. The van der Waals surface area contributed by atoms with Crippen molar-refractivity contribution in [2.75, 3.05) is 88.8 Å². The Balaban J connectivity index is 1.96. The van der Waals surface area contributed by atoms with Crippen LogP contribution in [0.25, 0.3) is 0 Å². The number of aliphatic hydroxyl groups excluding tert-OH is 2. The number of amides is 12. The summed E-state index contributed by atoms with van der Waals surface area (Å²) >= 11 is 0. The van der Waals surface area contributed by atoms with Crippen LogP contribution in [0.4, 0.5) is 0 Å². The summed E-state index contributed by atoms with van der Waals surface area (Å²) in [6, 6.07) is -13.0. The first-order valence-electron chi connectivity index (χ1n) is 40.2. The summed E-state index contributed by atoms with van der Waals surface area (Å²) in [4.78, 5) is 192. The van der Waals surface area contributed by atoms with Crippen molar-refractivity contribution in [2.24, 2.45) is 41.4 Å². The molecule has 0 aromatic carbocycles. The van der Waals surface area contributed by atoms with E-state index in [9.17, 15) is 29.4 Å². The van der Waals surface area contributed by atoms with Crippen LogP contribution in [0.3, 0.4) is 0 Å². The van der Waals surface area contributed by atoms with E-state index in [0.29, 0.717) is 45.2 Å². The molecule has 106 heavy (non-hydrogen) atoms. The topological polar surface area (TPSA) is 329 Å². The fraction of sp³-hybridized carbons (Fsp3) is 0.848. The van der Waals surface area contributed by atoms with Crippen LogP contribution in [-0.4, -0.2) is 276 Å². The van der Waals surface area contributed by atoms with E-state index < -0.39 is 163 Å². The second kappa shape index (κ2) is 45.5. The summed E-state index contributed by atoms with van der Waals surface area (Å²) in [7, 11) is 10.3. The molecule has 2 aliphatic carbocycles. The molecule has 0 aromatic rings. The molecule has 4 rings (SSSR count). The number of rotatable bonds is 22. The number of ether oxygens (including phenoxy) is 1. The van der Waals surface area contributed by atoms with Gasteiger partial charge in [0.2, 0.25) is 70.9 Å². The molecule has 0 spiro atoms. The van der Waals surface area contributed by atoms with E-state index in [1.54, 1.807) is 19.0 Å². The predicted octanol–water partition coefficient (Wildman–Crippen LogP) is 5.88. The minimum atomic E-state index is -1.70. The highest BCUT2D eigenvalue weighted by atomic mass is 16.5. The molecule has 2 aliphatic heterocycles. The normalized spacial score (nSPS) is 27.0. The Hall–Kier alpha value is -6.48. The smallest absolute Gasteiger partial charge is 0.248 e. The van der Waals surface area contributed by atoms with Gasteiger partial charge in [-0.05, 0) is 125 Å². The Bertz CT molecular complexity index is 2840. The van der Waals surface area contributed by atoms with Gasteiger partial charge >= 0.3 is 0 Å². The maximum absolute atomic E-state index is 15.8. The Kier molecular flexibility index (Phi) is 39.4. The van der Waals surface area contributed by atoms with Gasteiger partial charge in [0.15, 0.2) is 0 Å².